The van der Waals surface area contributed by atoms with Crippen LogP contribution in [0.2, 0.25) is 5.28 Å². The molecular formula is C12H11ClN4O3S. The maximum Gasteiger partial charge on any atom is 0.322 e. The highest BCUT2D eigenvalue weighted by atomic mass is 35.5. The minimum absolute atomic E-state index is 0.0249. The maximum atomic E-state index is 10.6. The van der Waals surface area contributed by atoms with Crippen molar-refractivity contribution < 1.29 is 9.66 Å². The van der Waals surface area contributed by atoms with Crippen molar-refractivity contribution in [1.82, 2.24) is 15.0 Å². The van der Waals surface area contributed by atoms with E-state index in [1.54, 1.807) is 12.1 Å². The zero-order valence-corrected chi connectivity index (χ0v) is 12.8. The Labute approximate surface area is 129 Å². The summed E-state index contributed by atoms with van der Waals surface area (Å²) in [5.41, 5.74) is 0.0249. The molecule has 0 unspecified atom stereocenters. The molecule has 0 aliphatic carbocycles. The highest BCUT2D eigenvalue weighted by Crippen LogP contribution is 2.28. The number of nitro groups is 1. The summed E-state index contributed by atoms with van der Waals surface area (Å²) in [6.45, 7) is 3.70. The van der Waals surface area contributed by atoms with Crippen LogP contribution in [0.4, 0.5) is 5.69 Å². The van der Waals surface area contributed by atoms with Crippen LogP contribution in [-0.4, -0.2) is 26.0 Å². The van der Waals surface area contributed by atoms with E-state index in [9.17, 15) is 10.1 Å². The Kier molecular flexibility index (Phi) is 4.92. The van der Waals surface area contributed by atoms with E-state index in [4.69, 9.17) is 16.3 Å². The van der Waals surface area contributed by atoms with Crippen molar-refractivity contribution >= 4 is 29.1 Å². The van der Waals surface area contributed by atoms with E-state index in [2.05, 4.69) is 15.0 Å². The molecule has 1 heterocycles. The van der Waals surface area contributed by atoms with Gasteiger partial charge in [0.05, 0.1) is 11.0 Å². The van der Waals surface area contributed by atoms with Crippen molar-refractivity contribution in [1.29, 1.82) is 0 Å². The van der Waals surface area contributed by atoms with Crippen LogP contribution in [0.5, 0.6) is 6.01 Å². The minimum Gasteiger partial charge on any atom is -0.461 e. The first-order valence-corrected chi connectivity index (χ1v) is 7.14. The number of rotatable bonds is 5. The number of hydrogen-bond acceptors (Lipinski definition) is 7. The number of aromatic nitrogens is 3. The van der Waals surface area contributed by atoms with Gasteiger partial charge in [-0.15, -0.1) is 0 Å². The normalized spacial score (nSPS) is 10.7. The van der Waals surface area contributed by atoms with Gasteiger partial charge in [-0.3, -0.25) is 10.1 Å². The second-order valence-corrected chi connectivity index (χ2v) is 5.57. The van der Waals surface area contributed by atoms with Crippen molar-refractivity contribution in [3.8, 4) is 6.01 Å². The molecule has 0 atom stereocenters. The average molecular weight is 327 g/mol. The number of ether oxygens (including phenoxy) is 1. The molecule has 0 saturated heterocycles. The molecule has 0 fully saturated rings. The van der Waals surface area contributed by atoms with Crippen molar-refractivity contribution in [2.75, 3.05) is 0 Å². The summed E-state index contributed by atoms with van der Waals surface area (Å²) >= 11 is 7.04. The van der Waals surface area contributed by atoms with E-state index in [0.29, 0.717) is 5.16 Å². The Morgan fingerprint density at radius 1 is 1.24 bits per heavy atom. The Hall–Kier alpha value is -1.93. The molecule has 1 aromatic heterocycles. The minimum atomic E-state index is -0.456. The summed E-state index contributed by atoms with van der Waals surface area (Å²) in [6.07, 6.45) is -0.0827. The number of nitro benzene ring substituents is 1. The summed E-state index contributed by atoms with van der Waals surface area (Å²) in [5, 5.41) is 11.0. The van der Waals surface area contributed by atoms with Crippen LogP contribution >= 0.6 is 23.4 Å². The van der Waals surface area contributed by atoms with Gasteiger partial charge in [0.2, 0.25) is 5.28 Å². The molecule has 0 saturated carbocycles. The zero-order valence-electron chi connectivity index (χ0n) is 11.2. The Morgan fingerprint density at radius 2 is 1.90 bits per heavy atom. The molecule has 0 aliphatic rings. The third-order valence-corrected chi connectivity index (χ3v) is 3.21. The van der Waals surface area contributed by atoms with E-state index >= 15 is 0 Å². The molecule has 21 heavy (non-hydrogen) atoms. The highest BCUT2D eigenvalue weighted by molar-refractivity contribution is 7.99. The predicted molar refractivity (Wildman–Crippen MR) is 77.8 cm³/mol. The van der Waals surface area contributed by atoms with Crippen LogP contribution in [0.3, 0.4) is 0 Å². The number of halogens is 1. The van der Waals surface area contributed by atoms with E-state index in [-0.39, 0.29) is 23.1 Å². The first-order valence-electron chi connectivity index (χ1n) is 5.94. The molecule has 1 aromatic carbocycles. The summed E-state index contributed by atoms with van der Waals surface area (Å²) in [7, 11) is 0. The second-order valence-electron chi connectivity index (χ2n) is 4.19. The fourth-order valence-electron chi connectivity index (χ4n) is 1.37. The lowest BCUT2D eigenvalue weighted by molar-refractivity contribution is -0.384. The van der Waals surface area contributed by atoms with Gasteiger partial charge in [-0.2, -0.15) is 15.0 Å². The number of benzene rings is 1. The third-order valence-electron chi connectivity index (χ3n) is 2.16. The van der Waals surface area contributed by atoms with E-state index in [1.807, 2.05) is 13.8 Å². The first kappa shape index (κ1) is 15.5. The van der Waals surface area contributed by atoms with Crippen LogP contribution in [-0.2, 0) is 0 Å². The smallest absolute Gasteiger partial charge is 0.322 e. The van der Waals surface area contributed by atoms with Crippen LogP contribution in [0, 0.1) is 10.1 Å². The summed E-state index contributed by atoms with van der Waals surface area (Å²) in [4.78, 5) is 22.9. The SMILES string of the molecule is CC(C)Oc1nc(Cl)nc(Sc2ccc([N+](=O)[O-])cc2)n1. The molecule has 0 aliphatic heterocycles. The molecule has 2 rings (SSSR count). The quantitative estimate of drug-likeness (QED) is 0.614. The molecule has 2 aromatic rings. The summed E-state index contributed by atoms with van der Waals surface area (Å²) in [5.74, 6) is 0. The standard InChI is InChI=1S/C12H11ClN4O3S/c1-7(2)20-11-14-10(13)15-12(16-11)21-9-5-3-8(4-6-9)17(18)19/h3-7H,1-2H3. The monoisotopic (exact) mass is 326 g/mol. The van der Waals surface area contributed by atoms with Gasteiger partial charge in [-0.05, 0) is 49.3 Å². The maximum absolute atomic E-state index is 10.6. The molecule has 0 amide bonds. The molecule has 9 heteroatoms. The fraction of sp³-hybridized carbons (Fsp3) is 0.250. The van der Waals surface area contributed by atoms with Gasteiger partial charge in [-0.25, -0.2) is 0 Å². The molecule has 0 bridgehead atoms. The van der Waals surface area contributed by atoms with E-state index in [0.717, 1.165) is 4.90 Å². The van der Waals surface area contributed by atoms with Gasteiger partial charge in [0, 0.05) is 17.0 Å². The predicted octanol–water partition coefficient (Wildman–Crippen LogP) is 3.37. The van der Waals surface area contributed by atoms with E-state index < -0.39 is 4.92 Å². The van der Waals surface area contributed by atoms with Crippen LogP contribution in [0.15, 0.2) is 34.3 Å². The van der Waals surface area contributed by atoms with Crippen molar-refractivity contribution in [2.45, 2.75) is 30.0 Å². The Morgan fingerprint density at radius 3 is 2.48 bits per heavy atom. The van der Waals surface area contributed by atoms with Gasteiger partial charge in [0.15, 0.2) is 5.16 Å². The van der Waals surface area contributed by atoms with Crippen LogP contribution in [0.1, 0.15) is 13.8 Å². The first-order chi connectivity index (χ1) is 9.94. The van der Waals surface area contributed by atoms with Crippen LogP contribution in [0.25, 0.3) is 0 Å². The largest absolute Gasteiger partial charge is 0.461 e. The highest BCUT2D eigenvalue weighted by Gasteiger charge is 2.10. The van der Waals surface area contributed by atoms with Gasteiger partial charge < -0.3 is 4.74 Å². The fourth-order valence-corrected chi connectivity index (χ4v) is 2.31. The lowest BCUT2D eigenvalue weighted by Crippen LogP contribution is -2.09. The van der Waals surface area contributed by atoms with Gasteiger partial charge >= 0.3 is 6.01 Å². The van der Waals surface area contributed by atoms with Gasteiger partial charge in [0.1, 0.15) is 0 Å². The molecule has 0 radical (unpaired) electrons. The number of hydrogen-bond donors (Lipinski definition) is 0. The molecule has 0 N–H and O–H groups in total. The molecule has 7 nitrogen and oxygen atoms in total. The lowest BCUT2D eigenvalue weighted by Gasteiger charge is -2.08. The van der Waals surface area contributed by atoms with Crippen LogP contribution < -0.4 is 4.74 Å². The third kappa shape index (κ3) is 4.54. The Bertz CT molecular complexity index is 651. The lowest BCUT2D eigenvalue weighted by atomic mass is 10.3. The average Bonchev–Trinajstić information content (AvgIpc) is 2.37. The number of non-ortho nitro benzene ring substituents is 1. The Balaban J connectivity index is 2.18. The summed E-state index contributed by atoms with van der Waals surface area (Å²) < 4.78 is 5.37. The van der Waals surface area contributed by atoms with Crippen molar-refractivity contribution in [2.24, 2.45) is 0 Å². The van der Waals surface area contributed by atoms with Gasteiger partial charge in [-0.1, -0.05) is 0 Å². The van der Waals surface area contributed by atoms with Crippen molar-refractivity contribution in [3.63, 3.8) is 0 Å². The molecular weight excluding hydrogens is 316 g/mol. The van der Waals surface area contributed by atoms with Gasteiger partial charge in [0.25, 0.3) is 5.69 Å². The molecule has 0 spiro atoms. The number of nitrogens with zero attached hydrogens (tertiary/aromatic N) is 4. The molecule has 110 valence electrons. The summed E-state index contributed by atoms with van der Waals surface area (Å²) in [6, 6.07) is 6.20. The zero-order chi connectivity index (χ0) is 15.4. The van der Waals surface area contributed by atoms with Crippen molar-refractivity contribution in [3.05, 3.63) is 39.7 Å². The van der Waals surface area contributed by atoms with E-state index in [1.165, 1.54) is 23.9 Å². The topological polar surface area (TPSA) is 91.0 Å². The second kappa shape index (κ2) is 6.68.